The summed E-state index contributed by atoms with van der Waals surface area (Å²) in [6.45, 7) is 2.99. The number of carbonyl (C=O) groups is 1. The Kier molecular flexibility index (Phi) is 4.98. The van der Waals surface area contributed by atoms with E-state index in [0.717, 1.165) is 5.56 Å². The van der Waals surface area contributed by atoms with Crippen molar-refractivity contribution in [3.05, 3.63) is 35.6 Å². The molecule has 1 rings (SSSR count). The molecule has 0 heterocycles. The zero-order valence-corrected chi connectivity index (χ0v) is 8.83. The second-order valence-electron chi connectivity index (χ2n) is 3.29. The van der Waals surface area contributed by atoms with Crippen molar-refractivity contribution in [2.24, 2.45) is 0 Å². The number of hydrogen-bond donors (Lipinski definition) is 0. The van der Waals surface area contributed by atoms with Gasteiger partial charge in [0, 0.05) is 19.4 Å². The lowest BCUT2D eigenvalue weighted by molar-refractivity contribution is -0.119. The molecule has 0 fully saturated rings. The van der Waals surface area contributed by atoms with Crippen LogP contribution in [0.5, 0.6) is 0 Å². The Morgan fingerprint density at radius 1 is 1.33 bits per heavy atom. The fourth-order valence-corrected chi connectivity index (χ4v) is 1.25. The lowest BCUT2D eigenvalue weighted by Crippen LogP contribution is -2.07. The van der Waals surface area contributed by atoms with Gasteiger partial charge in [0.25, 0.3) is 0 Å². The third-order valence-corrected chi connectivity index (χ3v) is 2.04. The third-order valence-electron chi connectivity index (χ3n) is 2.04. The first kappa shape index (κ1) is 11.9. The molecule has 82 valence electrons. The van der Waals surface area contributed by atoms with Gasteiger partial charge in [0.15, 0.2) is 0 Å². The molecule has 0 amide bonds. The summed E-state index contributed by atoms with van der Waals surface area (Å²) >= 11 is 0. The molecule has 0 saturated carbocycles. The summed E-state index contributed by atoms with van der Waals surface area (Å²) in [5.41, 5.74) is 0.845. The third kappa shape index (κ3) is 4.70. The van der Waals surface area contributed by atoms with Crippen LogP contribution in [-0.4, -0.2) is 19.0 Å². The van der Waals surface area contributed by atoms with Crippen molar-refractivity contribution < 1.29 is 13.9 Å². The van der Waals surface area contributed by atoms with E-state index < -0.39 is 0 Å². The second-order valence-corrected chi connectivity index (χ2v) is 3.29. The van der Waals surface area contributed by atoms with Crippen LogP contribution < -0.4 is 0 Å². The molecule has 0 aliphatic carbocycles. The highest BCUT2D eigenvalue weighted by Crippen LogP contribution is 2.05. The Hall–Kier alpha value is -1.22. The molecule has 0 unspecified atom stereocenters. The first-order chi connectivity index (χ1) is 7.22. The van der Waals surface area contributed by atoms with Gasteiger partial charge in [0.05, 0.1) is 6.61 Å². The smallest absolute Gasteiger partial charge is 0.139 e. The van der Waals surface area contributed by atoms with E-state index in [-0.39, 0.29) is 11.6 Å². The van der Waals surface area contributed by atoms with E-state index >= 15 is 0 Å². The summed E-state index contributed by atoms with van der Waals surface area (Å²) in [6, 6.07) is 6.00. The van der Waals surface area contributed by atoms with Crippen LogP contribution in [0.2, 0.25) is 0 Å². The predicted molar refractivity (Wildman–Crippen MR) is 56.2 cm³/mol. The first-order valence-electron chi connectivity index (χ1n) is 5.06. The fraction of sp³-hybridized carbons (Fsp3) is 0.417. The van der Waals surface area contributed by atoms with Gasteiger partial charge in [0.1, 0.15) is 11.6 Å². The van der Waals surface area contributed by atoms with E-state index in [4.69, 9.17) is 4.74 Å². The molecule has 0 aliphatic rings. The zero-order valence-electron chi connectivity index (χ0n) is 8.83. The van der Waals surface area contributed by atoms with E-state index in [2.05, 4.69) is 0 Å². The van der Waals surface area contributed by atoms with Crippen molar-refractivity contribution in [1.82, 2.24) is 0 Å². The number of carbonyl (C=O) groups excluding carboxylic acids is 1. The molecule has 0 radical (unpaired) electrons. The van der Waals surface area contributed by atoms with E-state index in [1.54, 1.807) is 12.1 Å². The SMILES string of the molecule is CCOCCC(=O)Cc1ccc(F)cc1. The van der Waals surface area contributed by atoms with E-state index in [9.17, 15) is 9.18 Å². The molecule has 0 saturated heterocycles. The van der Waals surface area contributed by atoms with Crippen LogP contribution in [0.25, 0.3) is 0 Å². The number of hydrogen-bond acceptors (Lipinski definition) is 2. The van der Waals surface area contributed by atoms with E-state index in [0.29, 0.717) is 26.1 Å². The number of rotatable bonds is 6. The van der Waals surface area contributed by atoms with E-state index in [1.807, 2.05) is 6.92 Å². The molecule has 0 bridgehead atoms. The number of ether oxygens (including phenoxy) is 1. The van der Waals surface area contributed by atoms with Crippen molar-refractivity contribution in [2.45, 2.75) is 19.8 Å². The highest BCUT2D eigenvalue weighted by Gasteiger charge is 2.03. The summed E-state index contributed by atoms with van der Waals surface area (Å²) < 4.78 is 17.6. The lowest BCUT2D eigenvalue weighted by Gasteiger charge is -2.01. The molecule has 0 N–H and O–H groups in total. The Labute approximate surface area is 89.1 Å². The minimum Gasteiger partial charge on any atom is -0.381 e. The lowest BCUT2D eigenvalue weighted by atomic mass is 10.1. The van der Waals surface area contributed by atoms with Gasteiger partial charge in [-0.2, -0.15) is 0 Å². The van der Waals surface area contributed by atoms with Gasteiger partial charge in [-0.1, -0.05) is 12.1 Å². The van der Waals surface area contributed by atoms with Crippen molar-refractivity contribution in [3.8, 4) is 0 Å². The predicted octanol–water partition coefficient (Wildman–Crippen LogP) is 2.36. The molecule has 15 heavy (non-hydrogen) atoms. The second kappa shape index (κ2) is 6.30. The molecule has 0 aliphatic heterocycles. The molecule has 0 atom stereocenters. The summed E-state index contributed by atoms with van der Waals surface area (Å²) in [5, 5.41) is 0. The minimum absolute atomic E-state index is 0.120. The first-order valence-corrected chi connectivity index (χ1v) is 5.06. The molecule has 3 heteroatoms. The van der Waals surface area contributed by atoms with Gasteiger partial charge in [0.2, 0.25) is 0 Å². The van der Waals surface area contributed by atoms with Crippen molar-refractivity contribution in [1.29, 1.82) is 0 Å². The summed E-state index contributed by atoms with van der Waals surface area (Å²) in [5.74, 6) is -0.157. The van der Waals surface area contributed by atoms with Gasteiger partial charge >= 0.3 is 0 Å². The van der Waals surface area contributed by atoms with Crippen LogP contribution in [0.3, 0.4) is 0 Å². The highest BCUT2D eigenvalue weighted by atomic mass is 19.1. The molecular weight excluding hydrogens is 195 g/mol. The van der Waals surface area contributed by atoms with Crippen molar-refractivity contribution in [2.75, 3.05) is 13.2 Å². The number of benzene rings is 1. The van der Waals surface area contributed by atoms with Gasteiger partial charge in [-0.15, -0.1) is 0 Å². The number of ketones is 1. The standard InChI is InChI=1S/C12H15FO2/c1-2-15-8-7-12(14)9-10-3-5-11(13)6-4-10/h3-6H,2,7-9H2,1H3. The largest absolute Gasteiger partial charge is 0.381 e. The molecule has 0 spiro atoms. The molecular formula is C12H15FO2. The quantitative estimate of drug-likeness (QED) is 0.674. The maximum atomic E-state index is 12.6. The molecule has 1 aromatic carbocycles. The summed E-state index contributed by atoms with van der Waals surface area (Å²) in [6.07, 6.45) is 0.776. The average Bonchev–Trinajstić information content (AvgIpc) is 2.22. The van der Waals surface area contributed by atoms with Crippen molar-refractivity contribution >= 4 is 5.78 Å². The number of Topliss-reactive ketones (excluding diaryl/α,β-unsaturated/α-hetero) is 1. The highest BCUT2D eigenvalue weighted by molar-refractivity contribution is 5.80. The maximum Gasteiger partial charge on any atom is 0.139 e. The monoisotopic (exact) mass is 210 g/mol. The molecule has 1 aromatic rings. The number of halogens is 1. The van der Waals surface area contributed by atoms with Gasteiger partial charge < -0.3 is 4.74 Å². The van der Waals surface area contributed by atoms with Crippen LogP contribution in [0.15, 0.2) is 24.3 Å². The van der Waals surface area contributed by atoms with Crippen LogP contribution in [0.1, 0.15) is 18.9 Å². The fourth-order valence-electron chi connectivity index (χ4n) is 1.25. The Balaban J connectivity index is 2.34. The minimum atomic E-state index is -0.277. The maximum absolute atomic E-state index is 12.6. The Bertz CT molecular complexity index is 306. The average molecular weight is 210 g/mol. The Morgan fingerprint density at radius 2 is 2.00 bits per heavy atom. The normalized spacial score (nSPS) is 10.3. The van der Waals surface area contributed by atoms with Crippen LogP contribution in [-0.2, 0) is 16.0 Å². The van der Waals surface area contributed by atoms with Gasteiger partial charge in [-0.3, -0.25) is 4.79 Å². The summed E-state index contributed by atoms with van der Waals surface area (Å²) in [7, 11) is 0. The van der Waals surface area contributed by atoms with Crippen LogP contribution >= 0.6 is 0 Å². The van der Waals surface area contributed by atoms with Crippen LogP contribution in [0, 0.1) is 5.82 Å². The van der Waals surface area contributed by atoms with Crippen LogP contribution in [0.4, 0.5) is 4.39 Å². The van der Waals surface area contributed by atoms with Gasteiger partial charge in [-0.05, 0) is 24.6 Å². The zero-order chi connectivity index (χ0) is 11.1. The van der Waals surface area contributed by atoms with E-state index in [1.165, 1.54) is 12.1 Å². The topological polar surface area (TPSA) is 26.3 Å². The van der Waals surface area contributed by atoms with Gasteiger partial charge in [-0.25, -0.2) is 4.39 Å². The summed E-state index contributed by atoms with van der Waals surface area (Å²) in [4.78, 5) is 11.4. The Morgan fingerprint density at radius 3 is 2.60 bits per heavy atom. The van der Waals surface area contributed by atoms with Crippen molar-refractivity contribution in [3.63, 3.8) is 0 Å². The molecule has 0 aromatic heterocycles. The molecule has 2 nitrogen and oxygen atoms in total.